The van der Waals surface area contributed by atoms with Crippen molar-refractivity contribution in [2.45, 2.75) is 64.6 Å². The van der Waals surface area contributed by atoms with Crippen LogP contribution in [0.2, 0.25) is 0 Å². The van der Waals surface area contributed by atoms with Gasteiger partial charge in [0, 0.05) is 25.7 Å². The Labute approximate surface area is 132 Å². The first-order valence-corrected chi connectivity index (χ1v) is 8.21. The number of hydrogen-bond donors (Lipinski definition) is 1. The predicted molar refractivity (Wildman–Crippen MR) is 84.3 cm³/mol. The lowest BCUT2D eigenvalue weighted by atomic mass is 10.1. The number of amides is 2. The van der Waals surface area contributed by atoms with Gasteiger partial charge in [-0.2, -0.15) is 0 Å². The molecule has 22 heavy (non-hydrogen) atoms. The Hall–Kier alpha value is -1.30. The fourth-order valence-electron chi connectivity index (χ4n) is 2.83. The number of nitrogens with zero attached hydrogens (tertiary/aromatic N) is 2. The van der Waals surface area contributed by atoms with Crippen molar-refractivity contribution >= 4 is 12.0 Å². The van der Waals surface area contributed by atoms with Crippen LogP contribution in [0.1, 0.15) is 47.0 Å². The lowest BCUT2D eigenvalue weighted by Gasteiger charge is -2.29. The zero-order valence-corrected chi connectivity index (χ0v) is 14.2. The fourth-order valence-corrected chi connectivity index (χ4v) is 2.83. The lowest BCUT2D eigenvalue weighted by Crippen LogP contribution is -2.43. The zero-order chi connectivity index (χ0) is 16.5. The summed E-state index contributed by atoms with van der Waals surface area (Å²) in [6, 6.07) is -0.142. The van der Waals surface area contributed by atoms with Gasteiger partial charge in [-0.15, -0.1) is 0 Å². The number of nitrogens with two attached hydrogens (primary N) is 1. The van der Waals surface area contributed by atoms with E-state index in [0.717, 1.165) is 25.8 Å². The van der Waals surface area contributed by atoms with Crippen molar-refractivity contribution in [1.29, 1.82) is 0 Å². The maximum Gasteiger partial charge on any atom is 0.410 e. The summed E-state index contributed by atoms with van der Waals surface area (Å²) in [5, 5.41) is 0. The van der Waals surface area contributed by atoms with Crippen LogP contribution in [0.25, 0.3) is 0 Å². The Morgan fingerprint density at radius 3 is 2.45 bits per heavy atom. The van der Waals surface area contributed by atoms with Gasteiger partial charge in [-0.3, -0.25) is 4.79 Å². The van der Waals surface area contributed by atoms with E-state index in [0.29, 0.717) is 25.0 Å². The summed E-state index contributed by atoms with van der Waals surface area (Å²) in [4.78, 5) is 28.0. The average molecular weight is 311 g/mol. The molecule has 2 atom stereocenters. The van der Waals surface area contributed by atoms with E-state index in [1.807, 2.05) is 30.6 Å². The highest BCUT2D eigenvalue weighted by Gasteiger charge is 2.38. The molecule has 0 aromatic heterocycles. The molecule has 2 amide bonds. The Balaban J connectivity index is 1.90. The molecule has 126 valence electrons. The van der Waals surface area contributed by atoms with Crippen molar-refractivity contribution in [2.75, 3.05) is 19.6 Å². The summed E-state index contributed by atoms with van der Waals surface area (Å²) in [5.41, 5.74) is 5.19. The van der Waals surface area contributed by atoms with Gasteiger partial charge in [0.05, 0.1) is 6.04 Å². The second-order valence-corrected chi connectivity index (χ2v) is 7.59. The number of rotatable bonds is 4. The zero-order valence-electron chi connectivity index (χ0n) is 14.2. The van der Waals surface area contributed by atoms with Gasteiger partial charge in [-0.25, -0.2) is 4.79 Å². The molecule has 1 aliphatic heterocycles. The first-order chi connectivity index (χ1) is 10.2. The lowest BCUT2D eigenvalue weighted by molar-refractivity contribution is -0.131. The summed E-state index contributed by atoms with van der Waals surface area (Å²) < 4.78 is 5.51. The molecule has 1 heterocycles. The van der Waals surface area contributed by atoms with Crippen LogP contribution in [-0.2, 0) is 9.53 Å². The molecule has 6 nitrogen and oxygen atoms in total. The second-order valence-electron chi connectivity index (χ2n) is 7.59. The Kier molecular flexibility index (Phi) is 5.00. The van der Waals surface area contributed by atoms with E-state index in [-0.39, 0.29) is 12.0 Å². The van der Waals surface area contributed by atoms with Gasteiger partial charge >= 0.3 is 6.09 Å². The van der Waals surface area contributed by atoms with Crippen molar-refractivity contribution in [2.24, 2.45) is 11.7 Å². The highest BCUT2D eigenvalue weighted by molar-refractivity contribution is 5.81. The van der Waals surface area contributed by atoms with Gasteiger partial charge < -0.3 is 20.3 Å². The number of hydrogen-bond acceptors (Lipinski definition) is 4. The van der Waals surface area contributed by atoms with E-state index < -0.39 is 11.6 Å². The third-order valence-corrected chi connectivity index (χ3v) is 4.06. The van der Waals surface area contributed by atoms with E-state index in [4.69, 9.17) is 10.5 Å². The maximum absolute atomic E-state index is 12.4. The minimum absolute atomic E-state index is 0.00209. The minimum atomic E-state index is -0.475. The number of carbonyl (C=O) groups excluding carboxylic acids is 2. The molecule has 0 unspecified atom stereocenters. The third-order valence-electron chi connectivity index (χ3n) is 4.06. The molecule has 0 spiro atoms. The Morgan fingerprint density at radius 2 is 1.95 bits per heavy atom. The largest absolute Gasteiger partial charge is 0.444 e. The Morgan fingerprint density at radius 1 is 1.32 bits per heavy atom. The van der Waals surface area contributed by atoms with Gasteiger partial charge in [-0.1, -0.05) is 0 Å². The van der Waals surface area contributed by atoms with Crippen molar-refractivity contribution in [1.82, 2.24) is 9.80 Å². The monoisotopic (exact) mass is 311 g/mol. The van der Waals surface area contributed by atoms with E-state index in [1.54, 1.807) is 6.92 Å². The van der Waals surface area contributed by atoms with Crippen LogP contribution >= 0.6 is 0 Å². The van der Waals surface area contributed by atoms with Gasteiger partial charge in [0.2, 0.25) is 5.91 Å². The molecule has 0 aromatic carbocycles. The van der Waals surface area contributed by atoms with Crippen molar-refractivity contribution < 1.29 is 14.3 Å². The maximum atomic E-state index is 12.4. The molecule has 2 rings (SSSR count). The van der Waals surface area contributed by atoms with Crippen LogP contribution in [0, 0.1) is 5.92 Å². The molecule has 0 radical (unpaired) electrons. The van der Waals surface area contributed by atoms with Crippen LogP contribution in [0.4, 0.5) is 4.79 Å². The van der Waals surface area contributed by atoms with E-state index in [1.165, 1.54) is 0 Å². The van der Waals surface area contributed by atoms with E-state index in [9.17, 15) is 9.59 Å². The normalized spacial score (nSPS) is 23.3. The molecule has 2 fully saturated rings. The SMILES string of the molecule is C[C@H](N)C(=O)N1CC[C@H](CN(C(=O)OC(C)(C)C)C2CC2)C1. The minimum Gasteiger partial charge on any atom is -0.444 e. The Bertz CT molecular complexity index is 427. The molecule has 0 bridgehead atoms. The molecular formula is C16H29N3O3. The smallest absolute Gasteiger partial charge is 0.410 e. The van der Waals surface area contributed by atoms with Crippen LogP contribution in [-0.4, -0.2) is 59.1 Å². The summed E-state index contributed by atoms with van der Waals surface area (Å²) in [6.07, 6.45) is 2.79. The van der Waals surface area contributed by atoms with Crippen LogP contribution in [0.15, 0.2) is 0 Å². The van der Waals surface area contributed by atoms with Crippen molar-refractivity contribution in [3.63, 3.8) is 0 Å². The standard InChI is InChI=1S/C16H29N3O3/c1-11(17)14(20)18-8-7-12(9-18)10-19(13-5-6-13)15(21)22-16(2,3)4/h11-13H,5-10,17H2,1-4H3/t11-,12-/m0/s1. The summed E-state index contributed by atoms with van der Waals surface area (Å²) in [7, 11) is 0. The van der Waals surface area contributed by atoms with Crippen molar-refractivity contribution in [3.05, 3.63) is 0 Å². The summed E-state index contributed by atoms with van der Waals surface area (Å²) >= 11 is 0. The molecule has 1 saturated carbocycles. The van der Waals surface area contributed by atoms with Crippen LogP contribution in [0.5, 0.6) is 0 Å². The third kappa shape index (κ3) is 4.60. The summed E-state index contributed by atoms with van der Waals surface area (Å²) in [5.74, 6) is 0.313. The summed E-state index contributed by atoms with van der Waals surface area (Å²) in [6.45, 7) is 9.46. The molecule has 6 heteroatoms. The predicted octanol–water partition coefficient (Wildman–Crippen LogP) is 1.58. The molecule has 2 N–H and O–H groups in total. The van der Waals surface area contributed by atoms with Gasteiger partial charge in [-0.05, 0) is 52.9 Å². The first kappa shape index (κ1) is 17.1. The van der Waals surface area contributed by atoms with E-state index >= 15 is 0 Å². The van der Waals surface area contributed by atoms with E-state index in [2.05, 4.69) is 0 Å². The van der Waals surface area contributed by atoms with Crippen LogP contribution in [0.3, 0.4) is 0 Å². The molecule has 1 aliphatic carbocycles. The molecular weight excluding hydrogens is 282 g/mol. The van der Waals surface area contributed by atoms with Crippen LogP contribution < -0.4 is 5.73 Å². The average Bonchev–Trinajstić information content (AvgIpc) is 3.11. The number of carbonyl (C=O) groups is 2. The fraction of sp³-hybridized carbons (Fsp3) is 0.875. The first-order valence-electron chi connectivity index (χ1n) is 8.21. The highest BCUT2D eigenvalue weighted by atomic mass is 16.6. The van der Waals surface area contributed by atoms with Crippen molar-refractivity contribution in [3.8, 4) is 0 Å². The number of likely N-dealkylation sites (tertiary alicyclic amines) is 1. The second kappa shape index (κ2) is 6.44. The van der Waals surface area contributed by atoms with Gasteiger partial charge in [0.15, 0.2) is 0 Å². The van der Waals surface area contributed by atoms with Gasteiger partial charge in [0.25, 0.3) is 0 Å². The highest BCUT2D eigenvalue weighted by Crippen LogP contribution is 2.30. The molecule has 1 saturated heterocycles. The molecule has 0 aromatic rings. The molecule has 2 aliphatic rings. The van der Waals surface area contributed by atoms with Gasteiger partial charge in [0.1, 0.15) is 5.60 Å². The quantitative estimate of drug-likeness (QED) is 0.855. The topological polar surface area (TPSA) is 75.9 Å². The number of ether oxygens (including phenoxy) is 1.